The lowest BCUT2D eigenvalue weighted by molar-refractivity contribution is 0.00578. The molecule has 1 aromatic rings. The maximum Gasteiger partial charge on any atom is 0.491 e. The van der Waals surface area contributed by atoms with Crippen molar-refractivity contribution in [2.75, 3.05) is 44.7 Å². The predicted molar refractivity (Wildman–Crippen MR) is 110 cm³/mol. The monoisotopic (exact) mass is 357 g/mol. The number of anilines is 1. The van der Waals surface area contributed by atoms with Crippen LogP contribution in [-0.4, -0.2) is 58.1 Å². The Bertz CT molecular complexity index is 621. The van der Waals surface area contributed by atoms with Gasteiger partial charge >= 0.3 is 7.12 Å². The van der Waals surface area contributed by atoms with Gasteiger partial charge in [0.25, 0.3) is 0 Å². The van der Waals surface area contributed by atoms with Crippen molar-refractivity contribution in [1.29, 1.82) is 0 Å². The van der Waals surface area contributed by atoms with E-state index in [1.54, 1.807) is 0 Å². The van der Waals surface area contributed by atoms with Crippen LogP contribution < -0.4 is 15.5 Å². The molecule has 2 fully saturated rings. The Morgan fingerprint density at radius 2 is 1.69 bits per heavy atom. The Labute approximate surface area is 158 Å². The minimum atomic E-state index is -0.323. The summed E-state index contributed by atoms with van der Waals surface area (Å²) in [6.07, 6.45) is 2.18. The molecule has 1 aromatic carbocycles. The van der Waals surface area contributed by atoms with Gasteiger partial charge in [0.1, 0.15) is 0 Å². The minimum Gasteiger partial charge on any atom is -0.400 e. The van der Waals surface area contributed by atoms with Crippen LogP contribution in [-0.2, 0) is 9.31 Å². The summed E-state index contributed by atoms with van der Waals surface area (Å²) in [5, 5.41) is 6.63. The van der Waals surface area contributed by atoms with E-state index >= 15 is 0 Å². The van der Waals surface area contributed by atoms with Gasteiger partial charge in [0.05, 0.1) is 11.2 Å². The molecule has 3 rings (SSSR count). The summed E-state index contributed by atoms with van der Waals surface area (Å²) in [5.41, 5.74) is 2.92. The van der Waals surface area contributed by atoms with Crippen molar-refractivity contribution in [1.82, 2.24) is 10.6 Å². The second kappa shape index (κ2) is 7.73. The molecule has 5 nitrogen and oxygen atoms in total. The summed E-state index contributed by atoms with van der Waals surface area (Å²) >= 11 is 0. The van der Waals surface area contributed by atoms with Gasteiger partial charge in [-0.15, -0.1) is 0 Å². The Hall–Kier alpha value is -1.34. The SMILES string of the molecule is CNCC(=Cc1ccc(N2CCNCC2)cc1)B1OC(C)(C)C(C)(C)O1. The molecule has 2 saturated heterocycles. The zero-order valence-corrected chi connectivity index (χ0v) is 16.8. The van der Waals surface area contributed by atoms with E-state index in [0.29, 0.717) is 0 Å². The highest BCUT2D eigenvalue weighted by molar-refractivity contribution is 6.55. The van der Waals surface area contributed by atoms with Gasteiger partial charge < -0.3 is 24.8 Å². The van der Waals surface area contributed by atoms with E-state index in [4.69, 9.17) is 9.31 Å². The molecule has 2 heterocycles. The molecule has 142 valence electrons. The van der Waals surface area contributed by atoms with Crippen molar-refractivity contribution in [3.05, 3.63) is 35.3 Å². The molecule has 0 aromatic heterocycles. The molecule has 0 aliphatic carbocycles. The fourth-order valence-corrected chi connectivity index (χ4v) is 3.32. The van der Waals surface area contributed by atoms with Crippen molar-refractivity contribution < 1.29 is 9.31 Å². The first-order valence-electron chi connectivity index (χ1n) is 9.59. The van der Waals surface area contributed by atoms with Crippen LogP contribution in [0.15, 0.2) is 29.7 Å². The van der Waals surface area contributed by atoms with E-state index < -0.39 is 0 Å². The number of piperazine rings is 1. The van der Waals surface area contributed by atoms with E-state index in [9.17, 15) is 0 Å². The van der Waals surface area contributed by atoms with Crippen molar-refractivity contribution in [3.8, 4) is 0 Å². The standard InChI is InChI=1S/C20H32BN3O2/c1-19(2)20(3,4)26-21(25-19)17(15-22-5)14-16-6-8-18(9-7-16)24-12-10-23-11-13-24/h6-9,14,22-23H,10-13,15H2,1-5H3. The summed E-state index contributed by atoms with van der Waals surface area (Å²) in [4.78, 5) is 2.42. The van der Waals surface area contributed by atoms with E-state index in [1.807, 2.05) is 7.05 Å². The first kappa shape index (κ1) is 19.4. The lowest BCUT2D eigenvalue weighted by Crippen LogP contribution is -2.43. The zero-order chi connectivity index (χ0) is 18.8. The Kier molecular flexibility index (Phi) is 5.77. The molecular weight excluding hydrogens is 325 g/mol. The Morgan fingerprint density at radius 3 is 2.23 bits per heavy atom. The lowest BCUT2D eigenvalue weighted by Gasteiger charge is -2.32. The quantitative estimate of drug-likeness (QED) is 0.792. The number of likely N-dealkylation sites (N-methyl/N-ethyl adjacent to an activating group) is 1. The molecule has 6 heteroatoms. The highest BCUT2D eigenvalue weighted by atomic mass is 16.7. The molecule has 0 bridgehead atoms. The second-order valence-electron chi connectivity index (χ2n) is 8.17. The number of rotatable bonds is 5. The maximum atomic E-state index is 6.22. The third-order valence-corrected chi connectivity index (χ3v) is 5.66. The summed E-state index contributed by atoms with van der Waals surface area (Å²) in [7, 11) is 1.63. The van der Waals surface area contributed by atoms with Crippen molar-refractivity contribution in [2.45, 2.75) is 38.9 Å². The normalized spacial score (nSPS) is 22.7. The van der Waals surface area contributed by atoms with Gasteiger partial charge in [-0.05, 0) is 57.9 Å². The number of nitrogens with zero attached hydrogens (tertiary/aromatic N) is 1. The van der Waals surface area contributed by atoms with Crippen molar-refractivity contribution >= 4 is 18.9 Å². The molecule has 26 heavy (non-hydrogen) atoms. The number of benzene rings is 1. The van der Waals surface area contributed by atoms with Gasteiger partial charge in [-0.2, -0.15) is 0 Å². The zero-order valence-electron chi connectivity index (χ0n) is 16.8. The van der Waals surface area contributed by atoms with Gasteiger partial charge in [-0.25, -0.2) is 0 Å². The van der Waals surface area contributed by atoms with Gasteiger partial charge in [-0.3, -0.25) is 0 Å². The molecule has 0 spiro atoms. The highest BCUT2D eigenvalue weighted by Gasteiger charge is 2.52. The smallest absolute Gasteiger partial charge is 0.400 e. The predicted octanol–water partition coefficient (Wildman–Crippen LogP) is 2.33. The largest absolute Gasteiger partial charge is 0.491 e. The molecule has 2 N–H and O–H groups in total. The fraction of sp³-hybridized carbons (Fsp3) is 0.600. The highest BCUT2D eigenvalue weighted by Crippen LogP contribution is 2.38. The molecule has 0 unspecified atom stereocenters. The topological polar surface area (TPSA) is 45.8 Å². The summed E-state index contributed by atoms with van der Waals surface area (Å²) < 4.78 is 12.4. The molecule has 0 radical (unpaired) electrons. The molecule has 0 saturated carbocycles. The van der Waals surface area contributed by atoms with Crippen LogP contribution in [0.5, 0.6) is 0 Å². The number of hydrogen-bond donors (Lipinski definition) is 2. The fourth-order valence-electron chi connectivity index (χ4n) is 3.32. The van der Waals surface area contributed by atoms with E-state index in [2.05, 4.69) is 73.6 Å². The third kappa shape index (κ3) is 4.14. The molecule has 2 aliphatic rings. The maximum absolute atomic E-state index is 6.22. The van der Waals surface area contributed by atoms with E-state index in [1.165, 1.54) is 11.3 Å². The first-order chi connectivity index (χ1) is 12.3. The lowest BCUT2D eigenvalue weighted by atomic mass is 9.77. The van der Waals surface area contributed by atoms with Crippen LogP contribution in [0.1, 0.15) is 33.3 Å². The Balaban J connectivity index is 1.76. The second-order valence-corrected chi connectivity index (χ2v) is 8.17. The van der Waals surface area contributed by atoms with Gasteiger partial charge in [-0.1, -0.05) is 18.2 Å². The average molecular weight is 357 g/mol. The van der Waals surface area contributed by atoms with Gasteiger partial charge in [0.2, 0.25) is 0 Å². The first-order valence-corrected chi connectivity index (χ1v) is 9.59. The summed E-state index contributed by atoms with van der Waals surface area (Å²) in [5.74, 6) is 0. The van der Waals surface area contributed by atoms with Gasteiger partial charge in [0, 0.05) is 38.4 Å². The number of hydrogen-bond acceptors (Lipinski definition) is 5. The third-order valence-electron chi connectivity index (χ3n) is 5.66. The summed E-state index contributed by atoms with van der Waals surface area (Å²) in [6, 6.07) is 8.77. The van der Waals surface area contributed by atoms with Crippen LogP contribution in [0.25, 0.3) is 6.08 Å². The van der Waals surface area contributed by atoms with E-state index in [0.717, 1.165) is 38.2 Å². The van der Waals surface area contributed by atoms with E-state index in [-0.39, 0.29) is 18.3 Å². The van der Waals surface area contributed by atoms with Gasteiger partial charge in [0.15, 0.2) is 0 Å². The minimum absolute atomic E-state index is 0.319. The average Bonchev–Trinajstić information content (AvgIpc) is 2.84. The summed E-state index contributed by atoms with van der Waals surface area (Å²) in [6.45, 7) is 13.3. The van der Waals surface area contributed by atoms with Crippen LogP contribution in [0, 0.1) is 0 Å². The molecule has 0 atom stereocenters. The molecule has 2 aliphatic heterocycles. The van der Waals surface area contributed by atoms with Crippen LogP contribution in [0.3, 0.4) is 0 Å². The molecular formula is C20H32BN3O2. The number of nitrogens with one attached hydrogen (secondary N) is 2. The van der Waals surface area contributed by atoms with Crippen LogP contribution >= 0.6 is 0 Å². The van der Waals surface area contributed by atoms with Crippen molar-refractivity contribution in [2.24, 2.45) is 0 Å². The van der Waals surface area contributed by atoms with Crippen LogP contribution in [0.4, 0.5) is 5.69 Å². The molecule has 0 amide bonds. The van der Waals surface area contributed by atoms with Crippen LogP contribution in [0.2, 0.25) is 0 Å². The van der Waals surface area contributed by atoms with Crippen molar-refractivity contribution in [3.63, 3.8) is 0 Å². The Morgan fingerprint density at radius 1 is 1.12 bits per heavy atom.